The molecule has 2 aromatic carbocycles. The molecule has 2 N–H and O–H groups in total. The van der Waals surface area contributed by atoms with Crippen LogP contribution < -0.4 is 4.72 Å². The fraction of sp³-hybridized carbons (Fsp3) is 0.0625. The lowest BCUT2D eigenvalue weighted by Crippen LogP contribution is -2.09. The smallest absolute Gasteiger partial charge is 0.229 e. The minimum Gasteiger partial charge on any atom is -0.508 e. The van der Waals surface area contributed by atoms with Gasteiger partial charge in [-0.1, -0.05) is 18.2 Å². The van der Waals surface area contributed by atoms with Crippen molar-refractivity contribution in [1.82, 2.24) is 0 Å². The number of sulfonamides is 1. The van der Waals surface area contributed by atoms with Gasteiger partial charge in [-0.3, -0.25) is 9.52 Å². The minimum absolute atomic E-state index is 0.164. The monoisotopic (exact) mass is 317 g/mol. The zero-order valence-electron chi connectivity index (χ0n) is 11.9. The van der Waals surface area contributed by atoms with Crippen molar-refractivity contribution in [2.24, 2.45) is 0 Å². The van der Waals surface area contributed by atoms with Gasteiger partial charge in [-0.05, 0) is 48.0 Å². The van der Waals surface area contributed by atoms with Gasteiger partial charge in [0.2, 0.25) is 10.0 Å². The van der Waals surface area contributed by atoms with Crippen LogP contribution in [0, 0.1) is 0 Å². The van der Waals surface area contributed by atoms with Crippen molar-refractivity contribution < 1.29 is 18.3 Å². The summed E-state index contributed by atoms with van der Waals surface area (Å²) in [7, 11) is -3.33. The highest BCUT2D eigenvalue weighted by molar-refractivity contribution is 7.92. The summed E-state index contributed by atoms with van der Waals surface area (Å²) in [6, 6.07) is 12.6. The van der Waals surface area contributed by atoms with Crippen molar-refractivity contribution in [3.8, 4) is 5.75 Å². The largest absolute Gasteiger partial charge is 0.508 e. The van der Waals surface area contributed by atoms with Crippen molar-refractivity contribution in [3.05, 3.63) is 65.7 Å². The highest BCUT2D eigenvalue weighted by Crippen LogP contribution is 2.14. The van der Waals surface area contributed by atoms with Crippen molar-refractivity contribution in [2.45, 2.75) is 0 Å². The van der Waals surface area contributed by atoms with Gasteiger partial charge >= 0.3 is 0 Å². The van der Waals surface area contributed by atoms with Crippen molar-refractivity contribution >= 4 is 27.6 Å². The number of phenols is 1. The van der Waals surface area contributed by atoms with Crippen LogP contribution in [0.3, 0.4) is 0 Å². The number of rotatable bonds is 5. The molecule has 0 radical (unpaired) electrons. The number of anilines is 1. The van der Waals surface area contributed by atoms with Gasteiger partial charge in [0, 0.05) is 11.3 Å². The Morgan fingerprint density at radius 1 is 1.05 bits per heavy atom. The molecule has 0 aromatic heterocycles. The first-order valence-electron chi connectivity index (χ1n) is 6.43. The van der Waals surface area contributed by atoms with E-state index >= 15 is 0 Å². The molecule has 6 heteroatoms. The number of phenolic OH excluding ortho intramolecular Hbond substituents is 1. The summed E-state index contributed by atoms with van der Waals surface area (Å²) in [5.74, 6) is -0.0311. The fourth-order valence-electron chi connectivity index (χ4n) is 1.77. The molecule has 0 saturated carbocycles. The maximum absolute atomic E-state index is 12.0. The average Bonchev–Trinajstić information content (AvgIpc) is 2.45. The normalized spacial score (nSPS) is 11.5. The molecular weight excluding hydrogens is 302 g/mol. The molecule has 0 amide bonds. The van der Waals surface area contributed by atoms with Crippen LogP contribution >= 0.6 is 0 Å². The first-order valence-corrected chi connectivity index (χ1v) is 8.32. The Morgan fingerprint density at radius 2 is 1.64 bits per heavy atom. The second-order valence-electron chi connectivity index (χ2n) is 4.74. The summed E-state index contributed by atoms with van der Waals surface area (Å²) >= 11 is 0. The van der Waals surface area contributed by atoms with E-state index in [0.29, 0.717) is 11.3 Å². The molecule has 0 spiro atoms. The molecule has 0 unspecified atom stereocenters. The number of aromatic hydroxyl groups is 1. The highest BCUT2D eigenvalue weighted by Gasteiger charge is 2.04. The molecule has 0 aliphatic rings. The standard InChI is InChI=1S/C16H15NO4S/c1-22(20,21)17-14-7-5-13(6-8-14)16(19)11-4-12-2-9-15(18)10-3-12/h2-11,17-18H,1H3. The van der Waals surface area contributed by atoms with Gasteiger partial charge in [-0.2, -0.15) is 0 Å². The number of ketones is 1. The van der Waals surface area contributed by atoms with E-state index in [0.717, 1.165) is 11.8 Å². The number of nitrogens with one attached hydrogen (secondary N) is 1. The SMILES string of the molecule is CS(=O)(=O)Nc1ccc(C(=O)C=Cc2ccc(O)cc2)cc1. The molecular formula is C16H15NO4S. The third kappa shape index (κ3) is 4.75. The van der Waals surface area contributed by atoms with Gasteiger partial charge in [0.15, 0.2) is 5.78 Å². The quantitative estimate of drug-likeness (QED) is 0.656. The Kier molecular flexibility index (Phi) is 4.62. The van der Waals surface area contributed by atoms with Gasteiger partial charge in [0.1, 0.15) is 5.75 Å². The second kappa shape index (κ2) is 6.44. The van der Waals surface area contributed by atoms with Crippen LogP contribution in [-0.4, -0.2) is 25.6 Å². The van der Waals surface area contributed by atoms with Crippen LogP contribution in [0.4, 0.5) is 5.69 Å². The number of hydrogen-bond acceptors (Lipinski definition) is 4. The molecule has 0 fully saturated rings. The summed E-state index contributed by atoms with van der Waals surface area (Å²) in [5, 5.41) is 9.18. The predicted octanol–water partition coefficient (Wildman–Crippen LogP) is 2.66. The van der Waals surface area contributed by atoms with Crippen LogP contribution in [0.5, 0.6) is 5.75 Å². The van der Waals surface area contributed by atoms with Gasteiger partial charge < -0.3 is 5.11 Å². The third-order valence-electron chi connectivity index (χ3n) is 2.79. The van der Waals surface area contributed by atoms with Crippen LogP contribution in [0.2, 0.25) is 0 Å². The van der Waals surface area contributed by atoms with Crippen molar-refractivity contribution in [1.29, 1.82) is 0 Å². The Labute approximate surface area is 129 Å². The number of carbonyl (C=O) groups excluding carboxylic acids is 1. The van der Waals surface area contributed by atoms with E-state index < -0.39 is 10.0 Å². The summed E-state index contributed by atoms with van der Waals surface area (Å²) in [6.45, 7) is 0. The molecule has 0 saturated heterocycles. The maximum atomic E-state index is 12.0. The van der Waals surface area contributed by atoms with Gasteiger partial charge in [-0.25, -0.2) is 8.42 Å². The molecule has 0 aliphatic carbocycles. The molecule has 0 heterocycles. The van der Waals surface area contributed by atoms with Crippen LogP contribution in [0.25, 0.3) is 6.08 Å². The molecule has 22 heavy (non-hydrogen) atoms. The molecule has 114 valence electrons. The Bertz CT molecular complexity index is 791. The lowest BCUT2D eigenvalue weighted by molar-refractivity contribution is 0.104. The lowest BCUT2D eigenvalue weighted by atomic mass is 10.1. The zero-order valence-corrected chi connectivity index (χ0v) is 12.7. The molecule has 0 aliphatic heterocycles. The van der Waals surface area contributed by atoms with Crippen LogP contribution in [-0.2, 0) is 10.0 Å². The number of benzene rings is 2. The topological polar surface area (TPSA) is 83.5 Å². The predicted molar refractivity (Wildman–Crippen MR) is 86.4 cm³/mol. The molecule has 0 atom stereocenters. The molecule has 5 nitrogen and oxygen atoms in total. The highest BCUT2D eigenvalue weighted by atomic mass is 32.2. The van der Waals surface area contributed by atoms with E-state index in [1.807, 2.05) is 0 Å². The van der Waals surface area contributed by atoms with E-state index in [-0.39, 0.29) is 11.5 Å². The Morgan fingerprint density at radius 3 is 2.18 bits per heavy atom. The van der Waals surface area contributed by atoms with E-state index in [1.165, 1.54) is 30.3 Å². The second-order valence-corrected chi connectivity index (χ2v) is 6.49. The van der Waals surface area contributed by atoms with Crippen LogP contribution in [0.15, 0.2) is 54.6 Å². The lowest BCUT2D eigenvalue weighted by Gasteiger charge is -2.04. The van der Waals surface area contributed by atoms with Crippen LogP contribution in [0.1, 0.15) is 15.9 Å². The number of carbonyl (C=O) groups is 1. The summed E-state index contributed by atoms with van der Waals surface area (Å²) in [5.41, 5.74) is 1.65. The van der Waals surface area contributed by atoms with E-state index in [4.69, 9.17) is 0 Å². The summed E-state index contributed by atoms with van der Waals surface area (Å²) in [6.07, 6.45) is 4.13. The Hall–Kier alpha value is -2.60. The zero-order chi connectivity index (χ0) is 16.2. The van der Waals surface area contributed by atoms with E-state index in [1.54, 1.807) is 30.3 Å². The summed E-state index contributed by atoms with van der Waals surface area (Å²) < 4.78 is 24.5. The first kappa shape index (κ1) is 15.8. The Balaban J connectivity index is 2.08. The molecule has 0 bridgehead atoms. The first-order chi connectivity index (χ1) is 10.3. The van der Waals surface area contributed by atoms with Gasteiger partial charge in [0.05, 0.1) is 6.26 Å². The van der Waals surface area contributed by atoms with E-state index in [9.17, 15) is 18.3 Å². The average molecular weight is 317 g/mol. The molecule has 2 aromatic rings. The van der Waals surface area contributed by atoms with Gasteiger partial charge in [-0.15, -0.1) is 0 Å². The summed E-state index contributed by atoms with van der Waals surface area (Å²) in [4.78, 5) is 12.0. The minimum atomic E-state index is -3.33. The third-order valence-corrected chi connectivity index (χ3v) is 3.40. The maximum Gasteiger partial charge on any atom is 0.229 e. The van der Waals surface area contributed by atoms with E-state index in [2.05, 4.69) is 4.72 Å². The molecule has 2 rings (SSSR count). The van der Waals surface area contributed by atoms with Crippen molar-refractivity contribution in [3.63, 3.8) is 0 Å². The van der Waals surface area contributed by atoms with Crippen molar-refractivity contribution in [2.75, 3.05) is 11.0 Å². The number of allylic oxidation sites excluding steroid dienone is 1. The fourth-order valence-corrected chi connectivity index (χ4v) is 2.33. The van der Waals surface area contributed by atoms with Gasteiger partial charge in [0.25, 0.3) is 0 Å². The number of hydrogen-bond donors (Lipinski definition) is 2.